The molecule has 1 aromatic heterocycles. The molecule has 0 bridgehead atoms. The third-order valence-electron chi connectivity index (χ3n) is 3.13. The van der Waals surface area contributed by atoms with Crippen LogP contribution < -0.4 is 0 Å². The lowest BCUT2D eigenvalue weighted by Crippen LogP contribution is -1.89. The molecule has 0 radical (unpaired) electrons. The number of aryl methyl sites for hydroxylation is 1. The summed E-state index contributed by atoms with van der Waals surface area (Å²) in [5.41, 5.74) is 2.35. The number of nitrogens with zero attached hydrogens (tertiary/aromatic N) is 1. The third-order valence-corrected chi connectivity index (χ3v) is 3.13. The Labute approximate surface area is 89.5 Å². The summed E-state index contributed by atoms with van der Waals surface area (Å²) in [6.07, 6.45) is 3.19. The van der Waals surface area contributed by atoms with Crippen molar-refractivity contribution in [2.75, 3.05) is 0 Å². The highest BCUT2D eigenvalue weighted by molar-refractivity contribution is 5.84. The summed E-state index contributed by atoms with van der Waals surface area (Å²) < 4.78 is 15.2. The lowest BCUT2D eigenvalue weighted by Gasteiger charge is -2.06. The van der Waals surface area contributed by atoms with E-state index in [4.69, 9.17) is 0 Å². The van der Waals surface area contributed by atoms with E-state index < -0.39 is 0 Å². The van der Waals surface area contributed by atoms with Gasteiger partial charge in [0.2, 0.25) is 0 Å². The van der Waals surface area contributed by atoms with Crippen LogP contribution in [0.5, 0.6) is 0 Å². The molecule has 0 aliphatic rings. The maximum absolute atomic E-state index is 13.2. The van der Waals surface area contributed by atoms with E-state index in [9.17, 15) is 4.39 Å². The number of hydrogen-bond donors (Lipinski definition) is 0. The zero-order chi connectivity index (χ0) is 11.0. The molecular weight excluding hydrogens is 189 g/mol. The van der Waals surface area contributed by atoms with Gasteiger partial charge in [-0.05, 0) is 36.1 Å². The lowest BCUT2D eigenvalue weighted by molar-refractivity contribution is 0.629. The summed E-state index contributed by atoms with van der Waals surface area (Å²) in [5, 5.41) is 1.05. The molecule has 1 aromatic carbocycles. The molecule has 1 atom stereocenters. The Morgan fingerprint density at radius 1 is 1.40 bits per heavy atom. The molecule has 2 heteroatoms. The van der Waals surface area contributed by atoms with Gasteiger partial charge in [-0.15, -0.1) is 0 Å². The Morgan fingerprint density at radius 2 is 2.13 bits per heavy atom. The Morgan fingerprint density at radius 3 is 2.80 bits per heavy atom. The fourth-order valence-corrected chi connectivity index (χ4v) is 2.01. The van der Waals surface area contributed by atoms with Gasteiger partial charge in [0.15, 0.2) is 0 Å². The zero-order valence-electron chi connectivity index (χ0n) is 9.42. The Hall–Kier alpha value is -1.31. The summed E-state index contributed by atoms with van der Waals surface area (Å²) in [5.74, 6) is 0.328. The van der Waals surface area contributed by atoms with Gasteiger partial charge in [0.25, 0.3) is 0 Å². The Bertz CT molecular complexity index is 484. The molecule has 2 rings (SSSR count). The SMILES string of the molecule is CCC(C)c1cn(C)c2ccc(F)cc12. The smallest absolute Gasteiger partial charge is 0.123 e. The number of rotatable bonds is 2. The minimum absolute atomic E-state index is 0.154. The van der Waals surface area contributed by atoms with Crippen molar-refractivity contribution in [3.63, 3.8) is 0 Å². The third kappa shape index (κ3) is 1.65. The molecule has 0 N–H and O–H groups in total. The average molecular weight is 205 g/mol. The number of fused-ring (bicyclic) bond motifs is 1. The van der Waals surface area contributed by atoms with Gasteiger partial charge in [0, 0.05) is 24.1 Å². The van der Waals surface area contributed by atoms with Crippen molar-refractivity contribution in [3.8, 4) is 0 Å². The number of halogens is 1. The van der Waals surface area contributed by atoms with Gasteiger partial charge >= 0.3 is 0 Å². The van der Waals surface area contributed by atoms with Crippen molar-refractivity contribution >= 4 is 10.9 Å². The predicted molar refractivity (Wildman–Crippen MR) is 61.6 cm³/mol. The maximum atomic E-state index is 13.2. The number of hydrogen-bond acceptors (Lipinski definition) is 0. The van der Waals surface area contributed by atoms with Crippen LogP contribution in [0.3, 0.4) is 0 Å². The lowest BCUT2D eigenvalue weighted by atomic mass is 9.98. The van der Waals surface area contributed by atoms with Gasteiger partial charge in [0.05, 0.1) is 0 Å². The fourth-order valence-electron chi connectivity index (χ4n) is 2.01. The van der Waals surface area contributed by atoms with Gasteiger partial charge in [-0.1, -0.05) is 13.8 Å². The van der Waals surface area contributed by atoms with Gasteiger partial charge in [-0.25, -0.2) is 4.39 Å². The first-order valence-corrected chi connectivity index (χ1v) is 5.38. The van der Waals surface area contributed by atoms with Crippen molar-refractivity contribution in [1.29, 1.82) is 0 Å². The second kappa shape index (κ2) is 3.69. The first-order valence-electron chi connectivity index (χ1n) is 5.38. The monoisotopic (exact) mass is 205 g/mol. The van der Waals surface area contributed by atoms with E-state index in [0.717, 1.165) is 17.3 Å². The molecule has 0 amide bonds. The summed E-state index contributed by atoms with van der Waals surface area (Å²) in [6, 6.07) is 5.00. The molecule has 0 aliphatic carbocycles. The molecule has 0 saturated carbocycles. The molecule has 1 heterocycles. The summed E-state index contributed by atoms with van der Waals surface area (Å²) in [4.78, 5) is 0. The first-order chi connectivity index (χ1) is 7.13. The van der Waals surface area contributed by atoms with Crippen LogP contribution in [0.25, 0.3) is 10.9 Å². The van der Waals surface area contributed by atoms with Crippen LogP contribution in [0.1, 0.15) is 31.7 Å². The van der Waals surface area contributed by atoms with E-state index in [1.807, 2.05) is 13.1 Å². The molecule has 0 saturated heterocycles. The van der Waals surface area contributed by atoms with Crippen molar-refractivity contribution in [2.24, 2.45) is 7.05 Å². The van der Waals surface area contributed by atoms with Gasteiger partial charge < -0.3 is 4.57 Å². The first kappa shape index (κ1) is 10.2. The Balaban J connectivity index is 2.69. The minimum Gasteiger partial charge on any atom is -0.350 e. The van der Waals surface area contributed by atoms with Crippen LogP contribution in [-0.2, 0) is 7.05 Å². The zero-order valence-corrected chi connectivity index (χ0v) is 9.42. The van der Waals surface area contributed by atoms with Crippen LogP contribution in [0.4, 0.5) is 4.39 Å². The second-order valence-electron chi connectivity index (χ2n) is 4.17. The van der Waals surface area contributed by atoms with E-state index >= 15 is 0 Å². The molecular formula is C13H16FN. The van der Waals surface area contributed by atoms with Crippen LogP contribution in [0.2, 0.25) is 0 Å². The minimum atomic E-state index is -0.154. The second-order valence-corrected chi connectivity index (χ2v) is 4.17. The molecule has 2 aromatic rings. The predicted octanol–water partition coefficient (Wildman–Crippen LogP) is 3.83. The summed E-state index contributed by atoms with van der Waals surface area (Å²) in [6.45, 7) is 4.34. The van der Waals surface area contributed by atoms with Gasteiger partial charge in [0.1, 0.15) is 5.82 Å². The average Bonchev–Trinajstić information content (AvgIpc) is 2.54. The summed E-state index contributed by atoms with van der Waals surface area (Å²) >= 11 is 0. The number of aromatic nitrogens is 1. The highest BCUT2D eigenvalue weighted by atomic mass is 19.1. The highest BCUT2D eigenvalue weighted by Gasteiger charge is 2.11. The molecule has 0 spiro atoms. The molecule has 80 valence electrons. The van der Waals surface area contributed by atoms with Crippen molar-refractivity contribution in [1.82, 2.24) is 4.57 Å². The standard InChI is InChI=1S/C13H16FN/c1-4-9(2)12-8-15(3)13-6-5-10(14)7-11(12)13/h5-9H,4H2,1-3H3. The van der Waals surface area contributed by atoms with E-state index in [0.29, 0.717) is 5.92 Å². The molecule has 1 unspecified atom stereocenters. The van der Waals surface area contributed by atoms with Crippen LogP contribution >= 0.6 is 0 Å². The fraction of sp³-hybridized carbons (Fsp3) is 0.385. The molecule has 0 fully saturated rings. The van der Waals surface area contributed by atoms with Gasteiger partial charge in [-0.2, -0.15) is 0 Å². The number of benzene rings is 1. The highest BCUT2D eigenvalue weighted by Crippen LogP contribution is 2.29. The summed E-state index contributed by atoms with van der Waals surface area (Å²) in [7, 11) is 2.01. The normalized spacial score (nSPS) is 13.3. The molecule has 0 aliphatic heterocycles. The van der Waals surface area contributed by atoms with Crippen LogP contribution in [0, 0.1) is 5.82 Å². The van der Waals surface area contributed by atoms with Crippen LogP contribution in [-0.4, -0.2) is 4.57 Å². The quantitative estimate of drug-likeness (QED) is 0.702. The van der Waals surface area contributed by atoms with E-state index in [-0.39, 0.29) is 5.82 Å². The Kier molecular flexibility index (Phi) is 2.51. The molecule has 1 nitrogen and oxygen atoms in total. The largest absolute Gasteiger partial charge is 0.350 e. The van der Waals surface area contributed by atoms with E-state index in [1.165, 1.54) is 11.6 Å². The maximum Gasteiger partial charge on any atom is 0.123 e. The van der Waals surface area contributed by atoms with Crippen molar-refractivity contribution in [3.05, 3.63) is 35.8 Å². The topological polar surface area (TPSA) is 4.93 Å². The van der Waals surface area contributed by atoms with Crippen LogP contribution in [0.15, 0.2) is 24.4 Å². The van der Waals surface area contributed by atoms with Crippen molar-refractivity contribution < 1.29 is 4.39 Å². The van der Waals surface area contributed by atoms with E-state index in [2.05, 4.69) is 24.6 Å². The molecule has 15 heavy (non-hydrogen) atoms. The van der Waals surface area contributed by atoms with Gasteiger partial charge in [-0.3, -0.25) is 0 Å². The van der Waals surface area contributed by atoms with E-state index in [1.54, 1.807) is 6.07 Å². The van der Waals surface area contributed by atoms with Crippen molar-refractivity contribution in [2.45, 2.75) is 26.2 Å².